The molecule has 41 valence electrons. The number of nitrogens with zero attached hydrogens (tertiary/aromatic N) is 1. The van der Waals surface area contributed by atoms with Gasteiger partial charge in [0.15, 0.2) is 0 Å². The summed E-state index contributed by atoms with van der Waals surface area (Å²) in [6.45, 7) is 0.539. The fourth-order valence-electron chi connectivity index (χ4n) is 0.606. The Morgan fingerprint density at radius 1 is 2.00 bits per heavy atom. The first-order valence-corrected chi connectivity index (χ1v) is 2.35. The Morgan fingerprint density at radius 2 is 2.75 bits per heavy atom. The molecule has 0 aromatic heterocycles. The first kappa shape index (κ1) is 5.10. The third-order valence-electron chi connectivity index (χ3n) is 1.05. The Balaban J connectivity index is 2.58. The second-order valence-electron chi connectivity index (χ2n) is 1.59. The van der Waals surface area contributed by atoms with E-state index < -0.39 is 5.92 Å². The zero-order valence-electron chi connectivity index (χ0n) is 4.22. The first-order valence-electron chi connectivity index (χ1n) is 2.35. The number of nitrogens with one attached hydrogen (secondary N) is 1. The normalized spacial score (nSPS) is 26.9. The highest BCUT2D eigenvalue weighted by molar-refractivity contribution is 5.84. The molecule has 1 unspecified atom stereocenters. The van der Waals surface area contributed by atoms with Crippen molar-refractivity contribution >= 4 is 5.91 Å². The second-order valence-corrected chi connectivity index (χ2v) is 1.59. The highest BCUT2D eigenvalue weighted by Crippen LogP contribution is 2.04. The summed E-state index contributed by atoms with van der Waals surface area (Å²) in [6.07, 6.45) is 1.66. The number of rotatable bonds is 0. The molecule has 3 heteroatoms. The van der Waals surface area contributed by atoms with Crippen LogP contribution in [-0.4, -0.2) is 12.5 Å². The fraction of sp³-hybridized carbons (Fsp3) is 0.400. The van der Waals surface area contributed by atoms with Crippen LogP contribution in [0.4, 0.5) is 0 Å². The Hall–Kier alpha value is -1.04. The molecule has 1 radical (unpaired) electrons. The van der Waals surface area contributed by atoms with E-state index in [4.69, 9.17) is 5.26 Å². The Bertz CT molecular complexity index is 147. The molecule has 0 saturated carbocycles. The molecule has 1 aliphatic rings. The van der Waals surface area contributed by atoms with Gasteiger partial charge in [-0.05, 0) is 0 Å². The maximum Gasteiger partial charge on any atom is 0.237 e. The minimum absolute atomic E-state index is 0.174. The van der Waals surface area contributed by atoms with E-state index in [0.717, 1.165) is 0 Å². The van der Waals surface area contributed by atoms with Crippen LogP contribution in [0.5, 0.6) is 0 Å². The predicted molar refractivity (Wildman–Crippen MR) is 26.4 cm³/mol. The van der Waals surface area contributed by atoms with Gasteiger partial charge in [0.1, 0.15) is 5.92 Å². The highest BCUT2D eigenvalue weighted by Gasteiger charge is 2.22. The lowest BCUT2D eigenvalue weighted by molar-refractivity contribution is -0.120. The van der Waals surface area contributed by atoms with Gasteiger partial charge in [-0.2, -0.15) is 5.26 Å². The summed E-state index contributed by atoms with van der Waals surface area (Å²) in [5.74, 6) is -0.678. The summed E-state index contributed by atoms with van der Waals surface area (Å²) in [4.78, 5) is 10.4. The molecule has 0 aromatic carbocycles. The van der Waals surface area contributed by atoms with Gasteiger partial charge in [-0.3, -0.25) is 4.79 Å². The molecule has 1 fully saturated rings. The summed E-state index contributed by atoms with van der Waals surface area (Å²) < 4.78 is 0. The smallest absolute Gasteiger partial charge is 0.237 e. The minimum atomic E-state index is -0.505. The summed E-state index contributed by atoms with van der Waals surface area (Å²) in [5.41, 5.74) is 0. The lowest BCUT2D eigenvalue weighted by Crippen LogP contribution is -2.17. The summed E-state index contributed by atoms with van der Waals surface area (Å²) in [6, 6.07) is 1.85. The molecule has 0 aliphatic carbocycles. The topological polar surface area (TPSA) is 52.9 Å². The van der Waals surface area contributed by atoms with Gasteiger partial charge in [0.2, 0.25) is 5.91 Å². The molecule has 1 rings (SSSR count). The zero-order chi connectivity index (χ0) is 5.98. The van der Waals surface area contributed by atoms with Crippen LogP contribution >= 0.6 is 0 Å². The summed E-state index contributed by atoms with van der Waals surface area (Å²) in [7, 11) is 0. The molecule has 1 N–H and O–H groups in total. The van der Waals surface area contributed by atoms with Crippen molar-refractivity contribution < 1.29 is 4.79 Å². The molecular weight excluding hydrogens is 104 g/mol. The third-order valence-corrected chi connectivity index (χ3v) is 1.05. The van der Waals surface area contributed by atoms with Crippen molar-refractivity contribution in [3.05, 3.63) is 6.42 Å². The maximum atomic E-state index is 10.4. The zero-order valence-corrected chi connectivity index (χ0v) is 4.22. The molecule has 3 nitrogen and oxygen atoms in total. The van der Waals surface area contributed by atoms with Crippen LogP contribution in [0.25, 0.3) is 0 Å². The van der Waals surface area contributed by atoms with Crippen molar-refractivity contribution in [1.82, 2.24) is 5.32 Å². The van der Waals surface area contributed by atoms with E-state index in [9.17, 15) is 4.79 Å². The number of hydrogen-bond donors (Lipinski definition) is 1. The molecular formula is C5H5N2O. The largest absolute Gasteiger partial charge is 0.355 e. The van der Waals surface area contributed by atoms with E-state index in [1.165, 1.54) is 0 Å². The van der Waals surface area contributed by atoms with Crippen LogP contribution in [0, 0.1) is 23.7 Å². The van der Waals surface area contributed by atoms with Crippen LogP contribution < -0.4 is 5.32 Å². The molecule has 1 atom stereocenters. The number of nitriles is 1. The van der Waals surface area contributed by atoms with Gasteiger partial charge in [0.05, 0.1) is 6.07 Å². The number of carbonyl (C=O) groups is 1. The number of amides is 1. The van der Waals surface area contributed by atoms with E-state index in [1.807, 2.05) is 6.07 Å². The molecule has 1 heterocycles. The number of carbonyl (C=O) groups excluding carboxylic acids is 1. The standard InChI is InChI=1S/C5H5N2O/c6-3-4-1-2-7-5(4)8/h1,4H,2H2,(H,7,8). The van der Waals surface area contributed by atoms with Gasteiger partial charge in [-0.15, -0.1) is 0 Å². The van der Waals surface area contributed by atoms with E-state index in [1.54, 1.807) is 6.42 Å². The van der Waals surface area contributed by atoms with Crippen molar-refractivity contribution in [2.75, 3.05) is 6.54 Å². The average molecular weight is 109 g/mol. The van der Waals surface area contributed by atoms with Crippen molar-refractivity contribution in [2.24, 2.45) is 5.92 Å². The van der Waals surface area contributed by atoms with E-state index in [-0.39, 0.29) is 5.91 Å². The monoisotopic (exact) mass is 109 g/mol. The van der Waals surface area contributed by atoms with Crippen LogP contribution in [0.2, 0.25) is 0 Å². The van der Waals surface area contributed by atoms with Crippen LogP contribution in [0.1, 0.15) is 0 Å². The second kappa shape index (κ2) is 1.83. The van der Waals surface area contributed by atoms with Crippen LogP contribution in [0.15, 0.2) is 0 Å². The SMILES string of the molecule is N#CC1[CH]CNC1=O. The van der Waals surface area contributed by atoms with Gasteiger partial charge in [0.25, 0.3) is 0 Å². The Kier molecular flexibility index (Phi) is 1.17. The molecule has 0 bridgehead atoms. The van der Waals surface area contributed by atoms with Gasteiger partial charge >= 0.3 is 0 Å². The molecule has 1 aliphatic heterocycles. The summed E-state index contributed by atoms with van der Waals surface area (Å²) >= 11 is 0. The van der Waals surface area contributed by atoms with E-state index >= 15 is 0 Å². The quantitative estimate of drug-likeness (QED) is 0.454. The minimum Gasteiger partial charge on any atom is -0.355 e. The first-order chi connectivity index (χ1) is 3.84. The third kappa shape index (κ3) is 0.648. The fourth-order valence-corrected chi connectivity index (χ4v) is 0.606. The Labute approximate surface area is 47.3 Å². The van der Waals surface area contributed by atoms with Gasteiger partial charge in [-0.1, -0.05) is 0 Å². The molecule has 1 amide bonds. The lowest BCUT2D eigenvalue weighted by atomic mass is 10.1. The molecule has 0 aromatic rings. The van der Waals surface area contributed by atoms with Gasteiger partial charge < -0.3 is 5.32 Å². The molecule has 8 heavy (non-hydrogen) atoms. The van der Waals surface area contributed by atoms with E-state index in [0.29, 0.717) is 6.54 Å². The van der Waals surface area contributed by atoms with Crippen molar-refractivity contribution in [2.45, 2.75) is 0 Å². The van der Waals surface area contributed by atoms with Crippen LogP contribution in [0.3, 0.4) is 0 Å². The molecule has 0 spiro atoms. The molecule has 1 saturated heterocycles. The van der Waals surface area contributed by atoms with Crippen molar-refractivity contribution in [1.29, 1.82) is 5.26 Å². The van der Waals surface area contributed by atoms with Crippen molar-refractivity contribution in [3.8, 4) is 6.07 Å². The predicted octanol–water partition coefficient (Wildman–Crippen LogP) is -0.540. The number of hydrogen-bond acceptors (Lipinski definition) is 2. The summed E-state index contributed by atoms with van der Waals surface area (Å²) in [5, 5.41) is 10.7. The van der Waals surface area contributed by atoms with E-state index in [2.05, 4.69) is 5.32 Å². The lowest BCUT2D eigenvalue weighted by Gasteiger charge is -1.87. The average Bonchev–Trinajstić information content (AvgIpc) is 2.14. The Morgan fingerprint density at radius 3 is 3.00 bits per heavy atom. The maximum absolute atomic E-state index is 10.4. The highest BCUT2D eigenvalue weighted by atomic mass is 16.2. The van der Waals surface area contributed by atoms with Crippen LogP contribution in [-0.2, 0) is 4.79 Å². The van der Waals surface area contributed by atoms with Gasteiger partial charge in [0, 0.05) is 13.0 Å². The van der Waals surface area contributed by atoms with Gasteiger partial charge in [-0.25, -0.2) is 0 Å². The van der Waals surface area contributed by atoms with Crippen molar-refractivity contribution in [3.63, 3.8) is 0 Å².